The van der Waals surface area contributed by atoms with Crippen LogP contribution >= 0.6 is 22.6 Å². The predicted octanol–water partition coefficient (Wildman–Crippen LogP) is 3.86. The van der Waals surface area contributed by atoms with Gasteiger partial charge in [-0.1, -0.05) is 6.07 Å². The molecule has 2 aromatic carbocycles. The number of H-pyrrole nitrogens is 1. The van der Waals surface area contributed by atoms with Gasteiger partial charge in [0.1, 0.15) is 9.45 Å². The van der Waals surface area contributed by atoms with Crippen molar-refractivity contribution in [3.8, 4) is 5.75 Å². The summed E-state index contributed by atoms with van der Waals surface area (Å²) in [7, 11) is 1.67. The number of amides is 1. The van der Waals surface area contributed by atoms with E-state index in [0.29, 0.717) is 0 Å². The van der Waals surface area contributed by atoms with Gasteiger partial charge in [0.15, 0.2) is 0 Å². The summed E-state index contributed by atoms with van der Waals surface area (Å²) in [5.74, 6) is 1.11. The second-order valence-electron chi connectivity index (χ2n) is 6.86. The van der Waals surface area contributed by atoms with Crippen LogP contribution < -0.4 is 10.1 Å². The molecule has 126 valence electrons. The number of benzene rings is 2. The van der Waals surface area contributed by atoms with Crippen molar-refractivity contribution < 1.29 is 9.53 Å². The Morgan fingerprint density at radius 2 is 2.16 bits per heavy atom. The van der Waals surface area contributed by atoms with Crippen molar-refractivity contribution in [3.63, 3.8) is 0 Å². The third-order valence-electron chi connectivity index (χ3n) is 5.56. The maximum Gasteiger partial charge on any atom is 0.235 e. The van der Waals surface area contributed by atoms with E-state index in [9.17, 15) is 4.79 Å². The molecule has 3 aromatic rings. The third kappa shape index (κ3) is 1.94. The van der Waals surface area contributed by atoms with Crippen LogP contribution in [0.2, 0.25) is 0 Å². The number of anilines is 1. The van der Waals surface area contributed by atoms with Crippen LogP contribution in [0, 0.1) is 10.6 Å². The second-order valence-corrected chi connectivity index (χ2v) is 7.94. The number of halogens is 1. The molecule has 0 saturated heterocycles. The van der Waals surface area contributed by atoms with Crippen molar-refractivity contribution in [2.24, 2.45) is 0 Å². The highest BCUT2D eigenvalue weighted by Gasteiger charge is 2.65. The quantitative estimate of drug-likeness (QED) is 0.589. The lowest BCUT2D eigenvalue weighted by molar-refractivity contribution is -0.118. The highest BCUT2D eigenvalue weighted by atomic mass is 127. The molecule has 1 spiro atoms. The molecule has 0 radical (unpaired) electrons. The molecule has 0 bridgehead atoms. The molecule has 6 heteroatoms. The fraction of sp³-hybridized carbons (Fsp3) is 0.263. The lowest BCUT2D eigenvalue weighted by atomic mass is 9.91. The normalized spacial score (nSPS) is 23.8. The molecule has 1 fully saturated rings. The van der Waals surface area contributed by atoms with Crippen LogP contribution in [0.15, 0.2) is 30.3 Å². The largest absolute Gasteiger partial charge is 0.496 e. The number of ether oxygens (including phenoxy) is 1. The predicted molar refractivity (Wildman–Crippen MR) is 104 cm³/mol. The van der Waals surface area contributed by atoms with Gasteiger partial charge in [0.2, 0.25) is 5.91 Å². The molecule has 2 heterocycles. The van der Waals surface area contributed by atoms with Gasteiger partial charge in [0.25, 0.3) is 0 Å². The highest BCUT2D eigenvalue weighted by Crippen LogP contribution is 2.65. The molecule has 1 unspecified atom stereocenters. The van der Waals surface area contributed by atoms with Crippen LogP contribution in [0.5, 0.6) is 5.75 Å². The van der Waals surface area contributed by atoms with Crippen molar-refractivity contribution >= 4 is 45.1 Å². The zero-order valence-corrected chi connectivity index (χ0v) is 16.0. The molecule has 5 rings (SSSR count). The van der Waals surface area contributed by atoms with Crippen LogP contribution in [0.1, 0.15) is 29.0 Å². The summed E-state index contributed by atoms with van der Waals surface area (Å²) in [6, 6.07) is 10.3. The van der Waals surface area contributed by atoms with Crippen LogP contribution in [-0.2, 0) is 10.2 Å². The van der Waals surface area contributed by atoms with Crippen LogP contribution in [0.25, 0.3) is 10.9 Å². The maximum atomic E-state index is 12.8. The van der Waals surface area contributed by atoms with E-state index < -0.39 is 5.41 Å². The number of rotatable bonds is 2. The molecule has 2 N–H and O–H groups in total. The number of nitrogens with zero attached hydrogens (tertiary/aromatic N) is 1. The molecule has 1 aromatic heterocycles. The summed E-state index contributed by atoms with van der Waals surface area (Å²) in [4.78, 5) is 12.8. The number of fused-ring (bicyclic) bond motifs is 3. The van der Waals surface area contributed by atoms with Gasteiger partial charge in [-0.2, -0.15) is 5.10 Å². The number of nitrogens with one attached hydrogen (secondary N) is 2. The van der Waals surface area contributed by atoms with Gasteiger partial charge in [-0.05, 0) is 76.9 Å². The Labute approximate surface area is 158 Å². The molecular weight excluding hydrogens is 429 g/mol. The average molecular weight is 445 g/mol. The topological polar surface area (TPSA) is 67.0 Å². The van der Waals surface area contributed by atoms with E-state index in [0.717, 1.165) is 49.2 Å². The number of methoxy groups -OCH3 is 1. The SMILES string of the molecule is COc1cc2c(cc1C)NC(=O)[C@@]21CC1c1ccc2c(I)[nH]nc2c1. The standard InChI is InChI=1S/C19H16IN3O2/c1-9-5-15-12(7-16(9)25-2)19(18(24)21-15)8-13(19)10-3-4-11-14(6-10)22-23-17(11)20/h3-7,13H,8H2,1-2H3,(H,21,24)(H,22,23)/t13?,19-/m0/s1. The first-order valence-corrected chi connectivity index (χ1v) is 9.26. The van der Waals surface area contributed by atoms with Gasteiger partial charge in [-0.15, -0.1) is 0 Å². The summed E-state index contributed by atoms with van der Waals surface area (Å²) in [6.07, 6.45) is 0.824. The van der Waals surface area contributed by atoms with Crippen LogP contribution in [-0.4, -0.2) is 23.2 Å². The van der Waals surface area contributed by atoms with E-state index >= 15 is 0 Å². The van der Waals surface area contributed by atoms with E-state index in [4.69, 9.17) is 4.74 Å². The van der Waals surface area contributed by atoms with Crippen LogP contribution in [0.4, 0.5) is 5.69 Å². The Bertz CT molecular complexity index is 1060. The summed E-state index contributed by atoms with van der Waals surface area (Å²) in [5.41, 5.74) is 4.65. The summed E-state index contributed by atoms with van der Waals surface area (Å²) in [6.45, 7) is 1.99. The Morgan fingerprint density at radius 3 is 2.96 bits per heavy atom. The van der Waals surface area contributed by atoms with Crippen molar-refractivity contribution in [2.75, 3.05) is 12.4 Å². The lowest BCUT2D eigenvalue weighted by Gasteiger charge is -2.12. The van der Waals surface area contributed by atoms with Gasteiger partial charge in [0.05, 0.1) is 18.0 Å². The van der Waals surface area contributed by atoms with Crippen molar-refractivity contribution in [1.82, 2.24) is 10.2 Å². The molecule has 5 nitrogen and oxygen atoms in total. The van der Waals surface area contributed by atoms with Crippen LogP contribution in [0.3, 0.4) is 0 Å². The molecule has 2 atom stereocenters. The molecular formula is C19H16IN3O2. The summed E-state index contributed by atoms with van der Waals surface area (Å²) >= 11 is 2.25. The zero-order valence-electron chi connectivity index (χ0n) is 13.8. The number of hydrogen-bond donors (Lipinski definition) is 2. The van der Waals surface area contributed by atoms with E-state index in [-0.39, 0.29) is 11.8 Å². The molecule has 1 amide bonds. The first kappa shape index (κ1) is 15.2. The molecule has 25 heavy (non-hydrogen) atoms. The second kappa shape index (κ2) is 4.97. The molecule has 1 aliphatic carbocycles. The van der Waals surface area contributed by atoms with Gasteiger partial charge in [-0.25, -0.2) is 0 Å². The molecule has 1 aliphatic heterocycles. The van der Waals surface area contributed by atoms with Gasteiger partial charge < -0.3 is 10.1 Å². The van der Waals surface area contributed by atoms with Crippen molar-refractivity contribution in [1.29, 1.82) is 0 Å². The minimum absolute atomic E-state index is 0.0943. The van der Waals surface area contributed by atoms with E-state index in [1.165, 1.54) is 0 Å². The van der Waals surface area contributed by atoms with Gasteiger partial charge in [-0.3, -0.25) is 9.89 Å². The maximum absolute atomic E-state index is 12.8. The minimum atomic E-state index is -0.465. The Hall–Kier alpha value is -2.09. The first-order valence-electron chi connectivity index (χ1n) is 8.18. The van der Waals surface area contributed by atoms with E-state index in [1.807, 2.05) is 19.1 Å². The molecule has 1 saturated carbocycles. The van der Waals surface area contributed by atoms with Crippen molar-refractivity contribution in [3.05, 3.63) is 50.7 Å². The Balaban J connectivity index is 1.61. The Kier molecular flexibility index (Phi) is 3.02. The number of carbonyl (C=O) groups excluding carboxylic acids is 1. The Morgan fingerprint density at radius 1 is 1.32 bits per heavy atom. The van der Waals surface area contributed by atoms with Crippen molar-refractivity contribution in [2.45, 2.75) is 24.7 Å². The number of carbonyl (C=O) groups is 1. The number of aromatic nitrogens is 2. The molecule has 2 aliphatic rings. The monoisotopic (exact) mass is 445 g/mol. The summed E-state index contributed by atoms with van der Waals surface area (Å²) < 4.78 is 6.51. The van der Waals surface area contributed by atoms with E-state index in [1.54, 1.807) is 7.11 Å². The lowest BCUT2D eigenvalue weighted by Crippen LogP contribution is -2.21. The van der Waals surface area contributed by atoms with E-state index in [2.05, 4.69) is 56.3 Å². The fourth-order valence-corrected chi connectivity index (χ4v) is 4.74. The smallest absolute Gasteiger partial charge is 0.235 e. The van der Waals surface area contributed by atoms with Gasteiger partial charge >= 0.3 is 0 Å². The number of hydrogen-bond acceptors (Lipinski definition) is 3. The fourth-order valence-electron chi connectivity index (χ4n) is 4.16. The summed E-state index contributed by atoms with van der Waals surface area (Å²) in [5, 5.41) is 11.5. The zero-order chi connectivity index (χ0) is 17.3. The third-order valence-corrected chi connectivity index (χ3v) is 6.39. The first-order chi connectivity index (χ1) is 12.0. The average Bonchev–Trinajstić information content (AvgIpc) is 3.18. The number of aryl methyl sites for hydroxylation is 1. The van der Waals surface area contributed by atoms with Gasteiger partial charge in [0, 0.05) is 17.0 Å². The highest BCUT2D eigenvalue weighted by molar-refractivity contribution is 14.1. The number of aromatic amines is 1. The minimum Gasteiger partial charge on any atom is -0.496 e.